The molecule has 54 heavy (non-hydrogen) atoms. The van der Waals surface area contributed by atoms with Crippen LogP contribution < -0.4 is 20.9 Å². The van der Waals surface area contributed by atoms with Crippen molar-refractivity contribution in [3.63, 3.8) is 0 Å². The van der Waals surface area contributed by atoms with Crippen molar-refractivity contribution in [2.24, 2.45) is 5.16 Å². The Bertz CT molecular complexity index is 2090. The molecule has 2 aliphatic rings. The second-order valence-electron chi connectivity index (χ2n) is 12.1. The second-order valence-corrected chi connectivity index (χ2v) is 15.2. The van der Waals surface area contributed by atoms with Crippen LogP contribution in [0.4, 0.5) is 5.13 Å². The summed E-state index contributed by atoms with van der Waals surface area (Å²) in [5, 5.41) is 9.66. The first-order valence-electron chi connectivity index (χ1n) is 16.9. The van der Waals surface area contributed by atoms with Crippen molar-refractivity contribution < 1.29 is 28.7 Å². The number of thioether (sulfide) groups is 2. The number of fused-ring (bicyclic) bond motifs is 1. The van der Waals surface area contributed by atoms with Crippen LogP contribution in [0.15, 0.2) is 142 Å². The topological polar surface area (TPSA) is 138 Å². The number of carbonyl (C=O) groups excluding carboxylic acids is 3. The Kier molecular flexibility index (Phi) is 11.3. The first-order chi connectivity index (χ1) is 26.4. The van der Waals surface area contributed by atoms with E-state index < -0.39 is 17.4 Å². The lowest BCUT2D eigenvalue weighted by Gasteiger charge is -2.44. The van der Waals surface area contributed by atoms with Crippen molar-refractivity contribution in [1.29, 1.82) is 0 Å². The molecule has 7 rings (SSSR count). The Hall–Kier alpha value is -5.64. The van der Waals surface area contributed by atoms with Crippen LogP contribution in [0.5, 0.6) is 0 Å². The van der Waals surface area contributed by atoms with E-state index in [0.29, 0.717) is 23.1 Å². The van der Waals surface area contributed by atoms with Crippen LogP contribution in [0.2, 0.25) is 0 Å². The molecule has 2 amide bonds. The summed E-state index contributed by atoms with van der Waals surface area (Å²) in [7, 11) is 3.13. The smallest absolute Gasteiger partial charge is 0.379 e. The van der Waals surface area contributed by atoms with Crippen molar-refractivity contribution in [2.45, 2.75) is 22.2 Å². The molecule has 274 valence electrons. The molecule has 1 fully saturated rings. The number of oxime groups is 1. The average molecular weight is 779 g/mol. The maximum Gasteiger partial charge on any atom is 0.379 e. The third kappa shape index (κ3) is 7.56. The van der Waals surface area contributed by atoms with Crippen molar-refractivity contribution in [1.82, 2.24) is 15.4 Å². The number of hydrogen-bond donors (Lipinski definition) is 3. The third-order valence-corrected chi connectivity index (χ3v) is 12.0. The van der Waals surface area contributed by atoms with Gasteiger partial charge in [0.2, 0.25) is 18.3 Å². The number of rotatable bonds is 13. The molecule has 5 aromatic rings. The summed E-state index contributed by atoms with van der Waals surface area (Å²) >= 11 is 4.42. The summed E-state index contributed by atoms with van der Waals surface area (Å²) in [4.78, 5) is 57.5. The van der Waals surface area contributed by atoms with Crippen LogP contribution in [0.3, 0.4) is 0 Å². The lowest BCUT2D eigenvalue weighted by Crippen LogP contribution is -2.54. The largest absolute Gasteiger partial charge is 0.398 e. The predicted molar refractivity (Wildman–Crippen MR) is 210 cm³/mol. The van der Waals surface area contributed by atoms with Gasteiger partial charge in [-0.1, -0.05) is 101 Å². The molecule has 3 N–H and O–H groups in total. The summed E-state index contributed by atoms with van der Waals surface area (Å²) in [6.45, 7) is 0. The van der Waals surface area contributed by atoms with Crippen LogP contribution >= 0.6 is 34.9 Å². The van der Waals surface area contributed by atoms with Gasteiger partial charge < -0.3 is 15.0 Å². The molecule has 3 aromatic carbocycles. The van der Waals surface area contributed by atoms with E-state index in [9.17, 15) is 14.4 Å². The molecule has 0 radical (unpaired) electrons. The van der Waals surface area contributed by atoms with E-state index in [4.69, 9.17) is 14.7 Å². The number of amides is 2. The molecular formula is C39H36N7O5S3+. The van der Waals surface area contributed by atoms with E-state index in [1.54, 1.807) is 17.1 Å². The Labute approximate surface area is 324 Å². The van der Waals surface area contributed by atoms with Gasteiger partial charge in [0.1, 0.15) is 24.0 Å². The number of pyridine rings is 1. The molecule has 12 nitrogen and oxygen atoms in total. The first kappa shape index (κ1) is 36.7. The lowest BCUT2D eigenvalue weighted by atomic mass is 9.77. The zero-order chi connectivity index (χ0) is 37.5. The van der Waals surface area contributed by atoms with Crippen molar-refractivity contribution >= 4 is 63.5 Å². The highest BCUT2D eigenvalue weighted by Crippen LogP contribution is 2.42. The monoisotopic (exact) mass is 778 g/mol. The number of hydroxylamine groups is 1. The van der Waals surface area contributed by atoms with Crippen molar-refractivity contribution in [3.8, 4) is 0 Å². The number of benzene rings is 3. The normalized spacial score (nSPS) is 15.5. The summed E-state index contributed by atoms with van der Waals surface area (Å²) in [5.74, 6) is -0.867. The molecule has 0 bridgehead atoms. The first-order valence-corrected chi connectivity index (χ1v) is 19.8. The molecule has 15 heteroatoms. The fourth-order valence-corrected chi connectivity index (χ4v) is 9.31. The van der Waals surface area contributed by atoms with Gasteiger partial charge in [-0.2, -0.15) is 10.9 Å². The summed E-state index contributed by atoms with van der Waals surface area (Å²) in [6.07, 6.45) is 4.11. The molecule has 0 aliphatic carbocycles. The fraction of sp³-hybridized carbons (Fsp3) is 0.179. The standard InChI is InChI=1S/C39H35N7O5S3/c1-40-45-20-18-30(19-21-45)52-23-26-24-53-33-22-32(47)46(33)35(26)37(49)51-44-36(48)34(43-50-2)31-25-54-38(41-31)42-39(27-12-6-3-7-13-27,28-14-8-4-9-15-28)29-16-10-5-11-17-29/h3-21,25,33,40H,22-24H2,1-2H3,(H-,41,42,44,48)/p+1/b43-34-/t33-/m0/s1. The Morgan fingerprint density at radius 1 is 0.963 bits per heavy atom. The van der Waals surface area contributed by atoms with Crippen molar-refractivity contribution in [2.75, 3.05) is 36.4 Å². The zero-order valence-corrected chi connectivity index (χ0v) is 31.8. The number of carbonyl (C=O) groups is 3. The molecule has 0 spiro atoms. The van der Waals surface area contributed by atoms with E-state index >= 15 is 0 Å². The van der Waals surface area contributed by atoms with E-state index in [-0.39, 0.29) is 28.4 Å². The van der Waals surface area contributed by atoms with Crippen LogP contribution in [0, 0.1) is 0 Å². The number of nitrogens with zero attached hydrogens (tertiary/aromatic N) is 4. The maximum atomic E-state index is 13.6. The minimum atomic E-state index is -0.849. The molecule has 0 saturated carbocycles. The zero-order valence-electron chi connectivity index (χ0n) is 29.3. The molecule has 2 aliphatic heterocycles. The molecule has 4 heterocycles. The highest BCUT2D eigenvalue weighted by Gasteiger charge is 2.46. The van der Waals surface area contributed by atoms with E-state index in [1.807, 2.05) is 90.8 Å². The number of thiazole rings is 1. The minimum absolute atomic E-state index is 0.147. The number of β-lactam (4-membered cyclic amide) rings is 1. The Morgan fingerprint density at radius 2 is 1.57 bits per heavy atom. The molecule has 1 atom stereocenters. The summed E-state index contributed by atoms with van der Waals surface area (Å²) < 4.78 is 1.81. The Balaban J connectivity index is 1.12. The molecule has 0 unspecified atom stereocenters. The van der Waals surface area contributed by atoms with Gasteiger partial charge in [0.15, 0.2) is 10.8 Å². The van der Waals surface area contributed by atoms with Gasteiger partial charge in [-0.25, -0.2) is 9.78 Å². The maximum absolute atomic E-state index is 13.6. The lowest BCUT2D eigenvalue weighted by molar-refractivity contribution is -0.647. The van der Waals surface area contributed by atoms with Crippen molar-refractivity contribution in [3.05, 3.63) is 155 Å². The quantitative estimate of drug-likeness (QED) is 0.0362. The number of hydrogen-bond acceptors (Lipinski definition) is 12. The van der Waals surface area contributed by atoms with Crippen LogP contribution in [0.1, 0.15) is 28.8 Å². The highest BCUT2D eigenvalue weighted by atomic mass is 32.2. The van der Waals surface area contributed by atoms with E-state index in [2.05, 4.69) is 57.8 Å². The van der Waals surface area contributed by atoms with Gasteiger partial charge >= 0.3 is 11.9 Å². The fourth-order valence-electron chi connectivity index (χ4n) is 6.27. The molecular weight excluding hydrogens is 743 g/mol. The van der Waals surface area contributed by atoms with Gasteiger partial charge in [0.25, 0.3) is 0 Å². The average Bonchev–Trinajstić information content (AvgIpc) is 3.68. The third-order valence-electron chi connectivity index (χ3n) is 8.89. The van der Waals surface area contributed by atoms with Gasteiger partial charge in [-0.15, -0.1) is 34.9 Å². The number of aromatic nitrogens is 2. The summed E-state index contributed by atoms with van der Waals surface area (Å²) in [5.41, 5.74) is 8.22. The highest BCUT2D eigenvalue weighted by molar-refractivity contribution is 8.01. The van der Waals surface area contributed by atoms with Crippen LogP contribution in [0.25, 0.3) is 0 Å². The summed E-state index contributed by atoms with van der Waals surface area (Å²) in [6, 6.07) is 34.1. The van der Waals surface area contributed by atoms with Gasteiger partial charge in [-0.05, 0) is 22.3 Å². The Morgan fingerprint density at radius 3 is 2.13 bits per heavy atom. The molecule has 2 aromatic heterocycles. The van der Waals surface area contributed by atoms with Gasteiger partial charge in [-0.3, -0.25) is 14.5 Å². The van der Waals surface area contributed by atoms with Gasteiger partial charge in [0.05, 0.1) is 18.8 Å². The predicted octanol–water partition coefficient (Wildman–Crippen LogP) is 5.28. The van der Waals surface area contributed by atoms with E-state index in [1.165, 1.54) is 35.1 Å². The SMILES string of the molecule is CN[n+]1ccc(SCC2=C(C(=O)ONC(=O)/C(=N\OC)c3csc(NC(c4ccccc4)(c4ccccc4)c4ccccc4)n3)N3C(=O)C[C@@H]3SC2)cc1. The van der Waals surface area contributed by atoms with Crippen LogP contribution in [-0.4, -0.2) is 64.4 Å². The van der Waals surface area contributed by atoms with E-state index in [0.717, 1.165) is 27.2 Å². The van der Waals surface area contributed by atoms with Gasteiger partial charge in [0, 0.05) is 33.9 Å². The number of nitrogens with one attached hydrogen (secondary N) is 3. The molecule has 1 saturated heterocycles. The van der Waals surface area contributed by atoms with Crippen LogP contribution in [-0.2, 0) is 29.6 Å². The number of anilines is 1. The second kappa shape index (κ2) is 16.6. The minimum Gasteiger partial charge on any atom is -0.398 e.